The van der Waals surface area contributed by atoms with Gasteiger partial charge < -0.3 is 0 Å². The molecule has 1 aliphatic carbocycles. The number of halogens is 1. The lowest BCUT2D eigenvalue weighted by Gasteiger charge is -2.29. The maximum Gasteiger partial charge on any atom is 0.123 e. The number of aryl methyl sites for hydroxylation is 1. The fourth-order valence-electron chi connectivity index (χ4n) is 5.37. The average molecular weight is 445 g/mol. The zero-order valence-corrected chi connectivity index (χ0v) is 20.2. The van der Waals surface area contributed by atoms with Crippen LogP contribution in [0.3, 0.4) is 0 Å². The number of rotatable bonds is 9. The summed E-state index contributed by atoms with van der Waals surface area (Å²) in [7, 11) is 0. The second-order valence-corrected chi connectivity index (χ2v) is 9.82. The van der Waals surface area contributed by atoms with Crippen molar-refractivity contribution in [2.45, 2.75) is 71.8 Å². The van der Waals surface area contributed by atoms with Crippen LogP contribution >= 0.6 is 0 Å². The Hall–Kier alpha value is -2.68. The molecule has 0 bridgehead atoms. The number of allylic oxidation sites excluding steroid dienone is 1. The zero-order valence-electron chi connectivity index (χ0n) is 20.2. The predicted molar refractivity (Wildman–Crippen MR) is 137 cm³/mol. The highest BCUT2D eigenvalue weighted by atomic mass is 19.1. The first-order chi connectivity index (χ1) is 16.0. The number of hydrogen-bond donors (Lipinski definition) is 0. The number of aromatic nitrogens is 2. The second kappa shape index (κ2) is 11.0. The van der Waals surface area contributed by atoms with E-state index in [2.05, 4.69) is 49.4 Å². The fraction of sp³-hybridized carbons (Fsp3) is 0.433. The highest BCUT2D eigenvalue weighted by Crippen LogP contribution is 2.38. The van der Waals surface area contributed by atoms with E-state index in [9.17, 15) is 4.39 Å². The number of hydrogen-bond acceptors (Lipinski definition) is 1. The third kappa shape index (κ3) is 5.82. The monoisotopic (exact) mass is 444 g/mol. The van der Waals surface area contributed by atoms with Crippen molar-refractivity contribution in [3.8, 4) is 22.4 Å². The SMILES string of the molecule is C=C(C)CCCC1CCC(Cn2nc(CC)c(-c3cccc(F)c3)c2-c2ccccc2)CC1. The Morgan fingerprint density at radius 1 is 1.00 bits per heavy atom. The normalized spacial score (nSPS) is 18.4. The summed E-state index contributed by atoms with van der Waals surface area (Å²) < 4.78 is 16.4. The molecule has 0 atom stereocenters. The Kier molecular flexibility index (Phi) is 7.80. The molecule has 4 rings (SSSR count). The largest absolute Gasteiger partial charge is 0.264 e. The molecule has 174 valence electrons. The van der Waals surface area contributed by atoms with Crippen molar-refractivity contribution in [2.75, 3.05) is 0 Å². The van der Waals surface area contributed by atoms with Crippen LogP contribution in [-0.4, -0.2) is 9.78 Å². The van der Waals surface area contributed by atoms with Gasteiger partial charge in [-0.15, -0.1) is 6.58 Å². The Morgan fingerprint density at radius 3 is 2.36 bits per heavy atom. The van der Waals surface area contributed by atoms with Crippen molar-refractivity contribution < 1.29 is 4.39 Å². The first-order valence-corrected chi connectivity index (χ1v) is 12.6. The molecule has 0 aliphatic heterocycles. The molecule has 2 aromatic carbocycles. The molecule has 33 heavy (non-hydrogen) atoms. The second-order valence-electron chi connectivity index (χ2n) is 9.82. The Bertz CT molecular complexity index is 1060. The number of benzene rings is 2. The van der Waals surface area contributed by atoms with Gasteiger partial charge in [0.15, 0.2) is 0 Å². The quantitative estimate of drug-likeness (QED) is 0.303. The van der Waals surface area contributed by atoms with Crippen LogP contribution in [0.4, 0.5) is 4.39 Å². The highest BCUT2D eigenvalue weighted by Gasteiger charge is 2.25. The molecule has 3 heteroatoms. The molecule has 1 fully saturated rings. The molecule has 0 unspecified atom stereocenters. The van der Waals surface area contributed by atoms with Gasteiger partial charge in [-0.3, -0.25) is 4.68 Å². The van der Waals surface area contributed by atoms with Gasteiger partial charge in [-0.05, 0) is 68.6 Å². The summed E-state index contributed by atoms with van der Waals surface area (Å²) in [4.78, 5) is 0. The van der Waals surface area contributed by atoms with E-state index in [1.807, 2.05) is 12.1 Å². The molecule has 0 spiro atoms. The van der Waals surface area contributed by atoms with Crippen LogP contribution in [0.15, 0.2) is 66.7 Å². The third-order valence-corrected chi connectivity index (χ3v) is 7.13. The van der Waals surface area contributed by atoms with Gasteiger partial charge in [0.2, 0.25) is 0 Å². The van der Waals surface area contributed by atoms with Gasteiger partial charge in [0.25, 0.3) is 0 Å². The molecule has 1 aromatic heterocycles. The minimum atomic E-state index is -0.203. The molecule has 3 aromatic rings. The predicted octanol–water partition coefficient (Wildman–Crippen LogP) is 8.47. The van der Waals surface area contributed by atoms with Gasteiger partial charge in [0, 0.05) is 17.7 Å². The van der Waals surface area contributed by atoms with Crippen LogP contribution in [0.5, 0.6) is 0 Å². The van der Waals surface area contributed by atoms with Crippen molar-refractivity contribution >= 4 is 0 Å². The summed E-state index contributed by atoms with van der Waals surface area (Å²) in [5.74, 6) is 1.31. The zero-order chi connectivity index (χ0) is 23.2. The lowest BCUT2D eigenvalue weighted by molar-refractivity contribution is 0.235. The highest BCUT2D eigenvalue weighted by molar-refractivity contribution is 5.83. The van der Waals surface area contributed by atoms with Crippen LogP contribution < -0.4 is 0 Å². The van der Waals surface area contributed by atoms with E-state index in [1.54, 1.807) is 12.1 Å². The van der Waals surface area contributed by atoms with Crippen molar-refractivity contribution in [1.82, 2.24) is 9.78 Å². The molecule has 0 N–H and O–H groups in total. The molecule has 1 heterocycles. The first-order valence-electron chi connectivity index (χ1n) is 12.6. The smallest absolute Gasteiger partial charge is 0.123 e. The van der Waals surface area contributed by atoms with Crippen LogP contribution in [-0.2, 0) is 13.0 Å². The van der Waals surface area contributed by atoms with E-state index in [1.165, 1.54) is 50.2 Å². The summed E-state index contributed by atoms with van der Waals surface area (Å²) in [5.41, 5.74) is 6.62. The maximum absolute atomic E-state index is 14.1. The van der Waals surface area contributed by atoms with E-state index in [0.717, 1.165) is 53.4 Å². The third-order valence-electron chi connectivity index (χ3n) is 7.13. The van der Waals surface area contributed by atoms with Gasteiger partial charge in [-0.25, -0.2) is 4.39 Å². The van der Waals surface area contributed by atoms with Crippen LogP contribution in [0.1, 0.15) is 64.5 Å². The fourth-order valence-corrected chi connectivity index (χ4v) is 5.37. The lowest BCUT2D eigenvalue weighted by atomic mass is 9.79. The van der Waals surface area contributed by atoms with Gasteiger partial charge in [-0.2, -0.15) is 5.10 Å². The maximum atomic E-state index is 14.1. The molecule has 1 saturated carbocycles. The molecular formula is C30H37FN2. The summed E-state index contributed by atoms with van der Waals surface area (Å²) >= 11 is 0. The van der Waals surface area contributed by atoms with Gasteiger partial charge >= 0.3 is 0 Å². The molecule has 2 nitrogen and oxygen atoms in total. The summed E-state index contributed by atoms with van der Waals surface area (Å²) in [6.45, 7) is 9.25. The van der Waals surface area contributed by atoms with E-state index >= 15 is 0 Å². The molecule has 1 aliphatic rings. The van der Waals surface area contributed by atoms with Crippen molar-refractivity contribution in [2.24, 2.45) is 11.8 Å². The standard InChI is InChI=1S/C30H37FN2/c1-4-28-29(26-14-9-15-27(31)20-26)30(25-12-6-5-7-13-25)33(32-28)21-24-18-16-23(17-19-24)11-8-10-22(2)3/h5-7,9,12-15,20,23-24H,2,4,8,10-11,16-19,21H2,1,3H3. The number of nitrogens with zero attached hydrogens (tertiary/aromatic N) is 2. The Morgan fingerprint density at radius 2 is 1.70 bits per heavy atom. The van der Waals surface area contributed by atoms with Crippen molar-refractivity contribution in [3.63, 3.8) is 0 Å². The Balaban J connectivity index is 1.58. The average Bonchev–Trinajstić information content (AvgIpc) is 3.19. The molecular weight excluding hydrogens is 407 g/mol. The summed E-state index contributed by atoms with van der Waals surface area (Å²) in [5, 5.41) is 5.08. The molecule has 0 amide bonds. The van der Waals surface area contributed by atoms with E-state index in [-0.39, 0.29) is 5.82 Å². The van der Waals surface area contributed by atoms with E-state index in [4.69, 9.17) is 5.10 Å². The topological polar surface area (TPSA) is 17.8 Å². The van der Waals surface area contributed by atoms with E-state index in [0.29, 0.717) is 5.92 Å². The van der Waals surface area contributed by atoms with Crippen LogP contribution in [0.2, 0.25) is 0 Å². The first kappa shape index (κ1) is 23.5. The van der Waals surface area contributed by atoms with Gasteiger partial charge in [-0.1, -0.05) is 74.2 Å². The van der Waals surface area contributed by atoms with Crippen molar-refractivity contribution in [3.05, 3.63) is 78.3 Å². The van der Waals surface area contributed by atoms with E-state index < -0.39 is 0 Å². The minimum absolute atomic E-state index is 0.203. The van der Waals surface area contributed by atoms with Crippen molar-refractivity contribution in [1.29, 1.82) is 0 Å². The van der Waals surface area contributed by atoms with Crippen LogP contribution in [0, 0.1) is 17.7 Å². The Labute approximate surface area is 198 Å². The molecule has 0 saturated heterocycles. The lowest BCUT2D eigenvalue weighted by Crippen LogP contribution is -2.20. The van der Waals surface area contributed by atoms with Crippen LogP contribution in [0.25, 0.3) is 22.4 Å². The minimum Gasteiger partial charge on any atom is -0.264 e. The summed E-state index contributed by atoms with van der Waals surface area (Å²) in [6, 6.07) is 17.4. The van der Waals surface area contributed by atoms with Gasteiger partial charge in [0.05, 0.1) is 11.4 Å². The molecule has 0 radical (unpaired) electrons. The van der Waals surface area contributed by atoms with Gasteiger partial charge in [0.1, 0.15) is 5.82 Å². The summed E-state index contributed by atoms with van der Waals surface area (Å²) in [6.07, 6.45) is 9.77.